The number of carbonyl (C=O) groups is 2. The van der Waals surface area contributed by atoms with Gasteiger partial charge in [0.2, 0.25) is 0 Å². The first-order valence-electron chi connectivity index (χ1n) is 3.71. The second kappa shape index (κ2) is 4.27. The molecule has 14 heavy (non-hydrogen) atoms. The summed E-state index contributed by atoms with van der Waals surface area (Å²) in [6, 6.07) is 6.84. The van der Waals surface area contributed by atoms with Crippen molar-refractivity contribution >= 4 is 12.8 Å². The van der Waals surface area contributed by atoms with E-state index in [1.54, 1.807) is 24.3 Å². The molecule has 1 aromatic rings. The number of hydrogen-bond acceptors (Lipinski definition) is 4. The summed E-state index contributed by atoms with van der Waals surface area (Å²) in [6.45, 7) is 2.00. The largest absolute Gasteiger partial charge is 0.476 e. The van der Waals surface area contributed by atoms with Crippen molar-refractivity contribution in [1.82, 2.24) is 0 Å². The van der Waals surface area contributed by atoms with Crippen molar-refractivity contribution in [1.29, 1.82) is 0 Å². The molecule has 0 fully saturated rings. The number of aliphatic carboxylic acids is 1. The van der Waals surface area contributed by atoms with E-state index in [9.17, 15) is 4.79 Å². The van der Waals surface area contributed by atoms with E-state index in [0.29, 0.717) is 11.5 Å². The minimum Gasteiger partial charge on any atom is -0.476 e. The molecule has 5 nitrogen and oxygen atoms in total. The molecule has 0 aromatic heterocycles. The zero-order valence-corrected chi connectivity index (χ0v) is 7.17. The standard InChI is InChI=1S/C8H6O4.CH2O/c9-7(10)8-11-5-3-1-2-4-6(5)12-8;1-2/h1-4,8H,(H,9,10);1H2. The van der Waals surface area contributed by atoms with Crippen LogP contribution in [0, 0.1) is 0 Å². The van der Waals surface area contributed by atoms with Crippen LogP contribution < -0.4 is 9.47 Å². The molecule has 0 atom stereocenters. The molecule has 0 unspecified atom stereocenters. The lowest BCUT2D eigenvalue weighted by atomic mass is 10.3. The van der Waals surface area contributed by atoms with Gasteiger partial charge >= 0.3 is 12.3 Å². The molecule has 0 bridgehead atoms. The van der Waals surface area contributed by atoms with Crippen LogP contribution in [0.2, 0.25) is 0 Å². The Morgan fingerprint density at radius 3 is 2.00 bits per heavy atom. The Kier molecular flexibility index (Phi) is 3.06. The highest BCUT2D eigenvalue weighted by atomic mass is 16.7. The van der Waals surface area contributed by atoms with Gasteiger partial charge in [0.15, 0.2) is 11.5 Å². The Balaban J connectivity index is 0.000000461. The summed E-state index contributed by atoms with van der Waals surface area (Å²) >= 11 is 0. The second-order valence-corrected chi connectivity index (χ2v) is 2.35. The summed E-state index contributed by atoms with van der Waals surface area (Å²) in [4.78, 5) is 18.4. The predicted octanol–water partition coefficient (Wildman–Crippen LogP) is 0.684. The Morgan fingerprint density at radius 1 is 1.21 bits per heavy atom. The predicted molar refractivity (Wildman–Crippen MR) is 46.2 cm³/mol. The van der Waals surface area contributed by atoms with Crippen LogP contribution in [0.25, 0.3) is 0 Å². The molecule has 0 radical (unpaired) electrons. The number of carbonyl (C=O) groups excluding carboxylic acids is 1. The van der Waals surface area contributed by atoms with Gasteiger partial charge in [0.1, 0.15) is 6.79 Å². The number of fused-ring (bicyclic) bond motifs is 1. The maximum Gasteiger partial charge on any atom is 0.387 e. The van der Waals surface area contributed by atoms with E-state index in [0.717, 1.165) is 0 Å². The first kappa shape index (κ1) is 10.0. The van der Waals surface area contributed by atoms with Crippen LogP contribution in [0.1, 0.15) is 0 Å². The van der Waals surface area contributed by atoms with Crippen LogP contribution in [0.5, 0.6) is 11.5 Å². The van der Waals surface area contributed by atoms with Gasteiger partial charge in [0.25, 0.3) is 0 Å². The number of carboxylic acids is 1. The SMILES string of the molecule is C=O.O=C(O)C1Oc2ccccc2O1. The van der Waals surface area contributed by atoms with E-state index in [1.807, 2.05) is 6.79 Å². The van der Waals surface area contributed by atoms with Crippen LogP contribution in [-0.2, 0) is 9.59 Å². The minimum absolute atomic E-state index is 0.477. The molecule has 1 heterocycles. The van der Waals surface area contributed by atoms with Crippen molar-refractivity contribution in [3.05, 3.63) is 24.3 Å². The molecule has 0 saturated heterocycles. The monoisotopic (exact) mass is 196 g/mol. The fourth-order valence-electron chi connectivity index (χ4n) is 1.00. The van der Waals surface area contributed by atoms with E-state index in [4.69, 9.17) is 19.4 Å². The van der Waals surface area contributed by atoms with Crippen LogP contribution in [-0.4, -0.2) is 24.2 Å². The Bertz CT molecular complexity index is 311. The smallest absolute Gasteiger partial charge is 0.387 e. The lowest BCUT2D eigenvalue weighted by Crippen LogP contribution is -2.28. The van der Waals surface area contributed by atoms with Gasteiger partial charge in [-0.2, -0.15) is 0 Å². The average Bonchev–Trinajstić information content (AvgIpc) is 2.64. The van der Waals surface area contributed by atoms with Gasteiger partial charge in [-0.05, 0) is 12.1 Å². The molecule has 2 rings (SSSR count). The van der Waals surface area contributed by atoms with Crippen LogP contribution in [0.3, 0.4) is 0 Å². The van der Waals surface area contributed by atoms with Gasteiger partial charge in [0, 0.05) is 0 Å². The maximum atomic E-state index is 10.4. The molecule has 74 valence electrons. The molecule has 5 heteroatoms. The summed E-state index contributed by atoms with van der Waals surface area (Å²) in [6.07, 6.45) is -1.19. The molecular weight excluding hydrogens is 188 g/mol. The van der Waals surface area contributed by atoms with Crippen molar-refractivity contribution in [2.45, 2.75) is 6.29 Å². The molecule has 1 aliphatic heterocycles. The van der Waals surface area contributed by atoms with Crippen molar-refractivity contribution in [3.8, 4) is 11.5 Å². The summed E-state index contributed by atoms with van der Waals surface area (Å²) in [5, 5.41) is 8.54. The Morgan fingerprint density at radius 2 is 1.64 bits per heavy atom. The number of rotatable bonds is 1. The van der Waals surface area contributed by atoms with Gasteiger partial charge in [-0.3, -0.25) is 0 Å². The van der Waals surface area contributed by atoms with E-state index in [-0.39, 0.29) is 0 Å². The molecule has 0 spiro atoms. The van der Waals surface area contributed by atoms with E-state index in [1.165, 1.54) is 0 Å². The number of ether oxygens (including phenoxy) is 2. The Hall–Kier alpha value is -2.04. The number of hydrogen-bond donors (Lipinski definition) is 1. The number of benzene rings is 1. The number of carboxylic acid groups (broad SMARTS) is 1. The fraction of sp³-hybridized carbons (Fsp3) is 0.111. The highest BCUT2D eigenvalue weighted by Crippen LogP contribution is 2.33. The zero-order chi connectivity index (χ0) is 10.6. The van der Waals surface area contributed by atoms with Gasteiger partial charge in [-0.25, -0.2) is 4.79 Å². The quantitative estimate of drug-likeness (QED) is 0.715. The van der Waals surface area contributed by atoms with Gasteiger partial charge in [-0.15, -0.1) is 0 Å². The highest BCUT2D eigenvalue weighted by Gasteiger charge is 2.29. The second-order valence-electron chi connectivity index (χ2n) is 2.35. The van der Waals surface area contributed by atoms with Crippen LogP contribution in [0.4, 0.5) is 0 Å². The minimum atomic E-state index is -1.19. The maximum absolute atomic E-state index is 10.4. The summed E-state index contributed by atoms with van der Waals surface area (Å²) in [7, 11) is 0. The van der Waals surface area contributed by atoms with E-state index >= 15 is 0 Å². The highest BCUT2D eigenvalue weighted by molar-refractivity contribution is 5.73. The lowest BCUT2D eigenvalue weighted by molar-refractivity contribution is -0.154. The zero-order valence-electron chi connectivity index (χ0n) is 7.17. The molecule has 0 amide bonds. The number of para-hydroxylation sites is 2. The lowest BCUT2D eigenvalue weighted by Gasteiger charge is -2.01. The van der Waals surface area contributed by atoms with Crippen molar-refractivity contribution < 1.29 is 24.2 Å². The molecule has 1 aliphatic rings. The van der Waals surface area contributed by atoms with Crippen molar-refractivity contribution in [3.63, 3.8) is 0 Å². The first-order valence-corrected chi connectivity index (χ1v) is 3.71. The Labute approximate surface area is 79.9 Å². The third-order valence-electron chi connectivity index (χ3n) is 1.52. The normalized spacial score (nSPS) is 12.9. The van der Waals surface area contributed by atoms with Crippen LogP contribution in [0.15, 0.2) is 24.3 Å². The topological polar surface area (TPSA) is 72.8 Å². The van der Waals surface area contributed by atoms with Gasteiger partial charge < -0.3 is 19.4 Å². The summed E-state index contributed by atoms with van der Waals surface area (Å²) in [5.41, 5.74) is 0. The summed E-state index contributed by atoms with van der Waals surface area (Å²) in [5.74, 6) is -0.166. The first-order chi connectivity index (χ1) is 6.77. The molecule has 0 saturated carbocycles. The van der Waals surface area contributed by atoms with Gasteiger partial charge in [-0.1, -0.05) is 12.1 Å². The van der Waals surface area contributed by atoms with Crippen molar-refractivity contribution in [2.24, 2.45) is 0 Å². The van der Waals surface area contributed by atoms with E-state index < -0.39 is 12.3 Å². The molecular formula is C9H8O5. The fourth-order valence-corrected chi connectivity index (χ4v) is 1.00. The molecule has 1 aromatic carbocycles. The van der Waals surface area contributed by atoms with Gasteiger partial charge in [0.05, 0.1) is 0 Å². The summed E-state index contributed by atoms with van der Waals surface area (Å²) < 4.78 is 9.89. The molecule has 1 N–H and O–H groups in total. The van der Waals surface area contributed by atoms with Crippen molar-refractivity contribution in [2.75, 3.05) is 0 Å². The average molecular weight is 196 g/mol. The third-order valence-corrected chi connectivity index (χ3v) is 1.52. The molecule has 0 aliphatic carbocycles. The third kappa shape index (κ3) is 1.82. The van der Waals surface area contributed by atoms with Crippen LogP contribution >= 0.6 is 0 Å². The van der Waals surface area contributed by atoms with E-state index in [2.05, 4.69) is 0 Å².